The van der Waals surface area contributed by atoms with Crippen molar-refractivity contribution in [2.24, 2.45) is 0 Å². The van der Waals surface area contributed by atoms with Gasteiger partial charge in [0.1, 0.15) is 40.4 Å². The van der Waals surface area contributed by atoms with Gasteiger partial charge in [-0.2, -0.15) is 0 Å². The maximum absolute atomic E-state index is 13.2. The lowest BCUT2D eigenvalue weighted by molar-refractivity contribution is 0.0842. The van der Waals surface area contributed by atoms with E-state index in [4.69, 9.17) is 4.74 Å². The third-order valence-corrected chi connectivity index (χ3v) is 5.80. The molecule has 1 aliphatic rings. The van der Waals surface area contributed by atoms with Crippen molar-refractivity contribution in [2.75, 3.05) is 0 Å². The Labute approximate surface area is 192 Å². The molecule has 0 bridgehead atoms. The molecule has 0 fully saturated rings. The lowest BCUT2D eigenvalue weighted by Crippen LogP contribution is -2.22. The minimum absolute atomic E-state index is 0.0246. The van der Waals surface area contributed by atoms with E-state index in [1.807, 2.05) is 19.9 Å². The number of aromatic hydroxyl groups is 4. The zero-order valence-electron chi connectivity index (χ0n) is 18.5. The zero-order valence-corrected chi connectivity index (χ0v) is 18.5. The molecule has 170 valence electrons. The molecule has 0 saturated heterocycles. The number of carbonyl (C=O) groups excluding carboxylic acids is 1. The van der Waals surface area contributed by atoms with Gasteiger partial charge >= 0.3 is 0 Å². The van der Waals surface area contributed by atoms with Crippen molar-refractivity contribution in [1.29, 1.82) is 0 Å². The zero-order chi connectivity index (χ0) is 23.7. The van der Waals surface area contributed by atoms with Gasteiger partial charge in [-0.15, -0.1) is 0 Å². The van der Waals surface area contributed by atoms with Crippen molar-refractivity contribution in [3.63, 3.8) is 0 Å². The Balaban J connectivity index is 1.83. The second-order valence-electron chi connectivity index (χ2n) is 8.51. The molecule has 4 N–H and O–H groups in total. The van der Waals surface area contributed by atoms with Crippen LogP contribution < -0.4 is 4.74 Å². The normalized spacial score (nSPS) is 15.0. The molecule has 1 heterocycles. The number of hydrogen-bond donors (Lipinski definition) is 4. The second kappa shape index (κ2) is 8.90. The Bertz CT molecular complexity index is 1220. The largest absolute Gasteiger partial charge is 0.508 e. The molecule has 1 unspecified atom stereocenters. The van der Waals surface area contributed by atoms with Gasteiger partial charge in [0.15, 0.2) is 5.78 Å². The first-order chi connectivity index (χ1) is 15.7. The third-order valence-electron chi connectivity index (χ3n) is 5.80. The maximum Gasteiger partial charge on any atom is 0.174 e. The van der Waals surface area contributed by atoms with Gasteiger partial charge in [0.05, 0.1) is 6.42 Å². The van der Waals surface area contributed by atoms with Crippen LogP contribution in [-0.2, 0) is 12.8 Å². The summed E-state index contributed by atoms with van der Waals surface area (Å²) >= 11 is 0. The van der Waals surface area contributed by atoms with Gasteiger partial charge < -0.3 is 25.2 Å². The molecule has 0 aromatic heterocycles. The quantitative estimate of drug-likeness (QED) is 0.396. The van der Waals surface area contributed by atoms with E-state index in [1.54, 1.807) is 24.3 Å². The van der Waals surface area contributed by atoms with E-state index < -0.39 is 6.10 Å². The average molecular weight is 446 g/mol. The van der Waals surface area contributed by atoms with E-state index in [1.165, 1.54) is 24.3 Å². The molecule has 0 amide bonds. The Hall–Kier alpha value is -3.93. The monoisotopic (exact) mass is 446 g/mol. The van der Waals surface area contributed by atoms with Crippen molar-refractivity contribution < 1.29 is 30.0 Å². The number of phenolic OH excluding ortho intramolecular Hbond substituents is 4. The van der Waals surface area contributed by atoms with Crippen LogP contribution in [0.5, 0.6) is 28.7 Å². The van der Waals surface area contributed by atoms with Gasteiger partial charge in [-0.25, -0.2) is 0 Å². The molecule has 33 heavy (non-hydrogen) atoms. The summed E-state index contributed by atoms with van der Waals surface area (Å²) < 4.78 is 6.19. The fourth-order valence-corrected chi connectivity index (χ4v) is 4.01. The van der Waals surface area contributed by atoms with E-state index in [-0.39, 0.29) is 58.5 Å². The molecule has 0 saturated carbocycles. The lowest BCUT2D eigenvalue weighted by atomic mass is 9.88. The molecule has 0 radical (unpaired) electrons. The van der Waals surface area contributed by atoms with Gasteiger partial charge in [-0.05, 0) is 55.7 Å². The number of ketones is 1. The van der Waals surface area contributed by atoms with Crippen LogP contribution in [0, 0.1) is 0 Å². The van der Waals surface area contributed by atoms with Gasteiger partial charge in [0.25, 0.3) is 0 Å². The summed E-state index contributed by atoms with van der Waals surface area (Å²) in [5.41, 5.74) is 3.28. The van der Waals surface area contributed by atoms with E-state index in [0.717, 1.165) is 11.1 Å². The number of ether oxygens (including phenoxy) is 1. The highest BCUT2D eigenvalue weighted by Crippen LogP contribution is 2.49. The van der Waals surface area contributed by atoms with Crippen molar-refractivity contribution >= 4 is 5.78 Å². The number of fused-ring (bicyclic) bond motifs is 1. The molecular formula is C27H26O6. The van der Waals surface area contributed by atoms with E-state index in [0.29, 0.717) is 17.5 Å². The van der Waals surface area contributed by atoms with Gasteiger partial charge in [0, 0.05) is 17.5 Å². The predicted octanol–water partition coefficient (Wildman–Crippen LogP) is 5.32. The number of rotatable bonds is 5. The third kappa shape index (κ3) is 4.51. The Morgan fingerprint density at radius 2 is 1.52 bits per heavy atom. The molecule has 0 spiro atoms. The van der Waals surface area contributed by atoms with Crippen molar-refractivity contribution in [1.82, 2.24) is 0 Å². The predicted molar refractivity (Wildman–Crippen MR) is 124 cm³/mol. The molecule has 4 rings (SSSR count). The summed E-state index contributed by atoms with van der Waals surface area (Å²) in [4.78, 5) is 13.2. The highest BCUT2D eigenvalue weighted by molar-refractivity contribution is 6.04. The van der Waals surface area contributed by atoms with Crippen molar-refractivity contribution in [3.8, 4) is 28.7 Å². The number of phenols is 4. The van der Waals surface area contributed by atoms with Gasteiger partial charge in [-0.1, -0.05) is 35.9 Å². The van der Waals surface area contributed by atoms with Crippen LogP contribution in [0.3, 0.4) is 0 Å². The molecule has 3 aromatic rings. The Morgan fingerprint density at radius 3 is 2.12 bits per heavy atom. The van der Waals surface area contributed by atoms with E-state index >= 15 is 0 Å². The molecular weight excluding hydrogens is 420 g/mol. The van der Waals surface area contributed by atoms with Crippen LogP contribution in [0.25, 0.3) is 0 Å². The molecule has 6 nitrogen and oxygen atoms in total. The van der Waals surface area contributed by atoms with E-state index in [9.17, 15) is 25.2 Å². The van der Waals surface area contributed by atoms with Gasteiger partial charge in [0.2, 0.25) is 0 Å². The molecule has 1 aliphatic heterocycles. The first-order valence-corrected chi connectivity index (χ1v) is 10.7. The van der Waals surface area contributed by atoms with Crippen LogP contribution >= 0.6 is 0 Å². The number of hydrogen-bond acceptors (Lipinski definition) is 6. The SMILES string of the molecule is CC(C)=CCc1c(O)c(Cc2ccc(O)cc2)c(O)c2c1OC(c1ccc(O)cc1)CC2=O. The summed E-state index contributed by atoms with van der Waals surface area (Å²) in [6.45, 7) is 3.87. The highest BCUT2D eigenvalue weighted by Gasteiger charge is 2.35. The first-order valence-electron chi connectivity index (χ1n) is 10.7. The smallest absolute Gasteiger partial charge is 0.174 e. The van der Waals surface area contributed by atoms with Crippen LogP contribution in [0.15, 0.2) is 60.2 Å². The Morgan fingerprint density at radius 1 is 0.909 bits per heavy atom. The summed E-state index contributed by atoms with van der Waals surface area (Å²) in [5.74, 6) is -0.268. The summed E-state index contributed by atoms with van der Waals surface area (Å²) in [6.07, 6.45) is 1.86. The number of Topliss-reactive ketones (excluding diaryl/α,β-unsaturated/α-hetero) is 1. The fraction of sp³-hybridized carbons (Fsp3) is 0.222. The topological polar surface area (TPSA) is 107 Å². The van der Waals surface area contributed by atoms with Crippen LogP contribution in [0.4, 0.5) is 0 Å². The first kappa shape index (κ1) is 22.3. The van der Waals surface area contributed by atoms with Crippen LogP contribution in [0.2, 0.25) is 0 Å². The average Bonchev–Trinajstić information content (AvgIpc) is 2.77. The van der Waals surface area contributed by atoms with Crippen LogP contribution in [-0.4, -0.2) is 26.2 Å². The molecule has 3 aromatic carbocycles. The molecule has 1 atom stereocenters. The molecule has 6 heteroatoms. The van der Waals surface area contributed by atoms with Crippen molar-refractivity contribution in [3.05, 3.63) is 88.0 Å². The minimum Gasteiger partial charge on any atom is -0.508 e. The molecule has 0 aliphatic carbocycles. The summed E-state index contributed by atoms with van der Waals surface area (Å²) in [7, 11) is 0. The van der Waals surface area contributed by atoms with Gasteiger partial charge in [-0.3, -0.25) is 4.79 Å². The lowest BCUT2D eigenvalue weighted by Gasteiger charge is -2.29. The van der Waals surface area contributed by atoms with Crippen LogP contribution in [0.1, 0.15) is 59.0 Å². The number of carbonyl (C=O) groups is 1. The summed E-state index contributed by atoms with van der Waals surface area (Å²) in [6, 6.07) is 12.9. The van der Waals surface area contributed by atoms with E-state index in [2.05, 4.69) is 0 Å². The summed E-state index contributed by atoms with van der Waals surface area (Å²) in [5, 5.41) is 41.3. The maximum atomic E-state index is 13.2. The van der Waals surface area contributed by atoms with Crippen molar-refractivity contribution in [2.45, 2.75) is 39.2 Å². The number of benzene rings is 3. The Kier molecular flexibility index (Phi) is 6.01. The fourth-order valence-electron chi connectivity index (χ4n) is 4.01. The standard InChI is InChI=1S/C27H26O6/c1-15(2)3-12-20-25(31)21(13-16-4-8-18(28)9-5-16)26(32)24-22(30)14-23(33-27(20)24)17-6-10-19(29)11-7-17/h3-11,23,28-29,31-32H,12-14H2,1-2H3. The minimum atomic E-state index is -0.599. The second-order valence-corrected chi connectivity index (χ2v) is 8.51. The highest BCUT2D eigenvalue weighted by atomic mass is 16.5. The number of allylic oxidation sites excluding steroid dienone is 2.